The molecule has 1 aromatic carbocycles. The van der Waals surface area contributed by atoms with Gasteiger partial charge in [0, 0.05) is 6.07 Å². The summed E-state index contributed by atoms with van der Waals surface area (Å²) in [6.07, 6.45) is 1.59. The molecule has 0 fully saturated rings. The van der Waals surface area contributed by atoms with E-state index in [0.717, 1.165) is 0 Å². The summed E-state index contributed by atoms with van der Waals surface area (Å²) in [5, 5.41) is 10.4. The minimum atomic E-state index is -0.475. The maximum Gasteiger partial charge on any atom is 0.273 e. The molecule has 0 saturated carbocycles. The van der Waals surface area contributed by atoms with Crippen LogP contribution in [0.3, 0.4) is 0 Å². The van der Waals surface area contributed by atoms with Crippen molar-refractivity contribution in [3.8, 4) is 5.75 Å². The van der Waals surface area contributed by atoms with Crippen molar-refractivity contribution in [3.63, 3.8) is 0 Å². The predicted molar refractivity (Wildman–Crippen MR) is 54.7 cm³/mol. The van der Waals surface area contributed by atoms with Crippen LogP contribution in [0.15, 0.2) is 36.9 Å². The van der Waals surface area contributed by atoms with Gasteiger partial charge in [-0.3, -0.25) is 10.1 Å². The maximum absolute atomic E-state index is 10.4. The summed E-state index contributed by atoms with van der Waals surface area (Å²) in [7, 11) is 0. The summed E-state index contributed by atoms with van der Waals surface area (Å²) in [4.78, 5) is 9.96. The molecule has 0 N–H and O–H groups in total. The van der Waals surface area contributed by atoms with Crippen LogP contribution < -0.4 is 4.74 Å². The fourth-order valence-corrected chi connectivity index (χ4v) is 0.928. The highest BCUT2D eigenvalue weighted by Gasteiger charge is 2.05. The molecule has 5 heteroatoms. The fourth-order valence-electron chi connectivity index (χ4n) is 0.928. The number of hydrogen-bond acceptors (Lipinski definition) is 4. The Morgan fingerprint density at radius 1 is 1.53 bits per heavy atom. The van der Waals surface area contributed by atoms with Crippen molar-refractivity contribution in [1.29, 1.82) is 0 Å². The number of nitro benzene ring substituents is 1. The van der Waals surface area contributed by atoms with Gasteiger partial charge in [-0.15, -0.1) is 6.58 Å². The van der Waals surface area contributed by atoms with E-state index in [2.05, 4.69) is 6.58 Å². The molecule has 0 atom stereocenters. The van der Waals surface area contributed by atoms with E-state index in [9.17, 15) is 10.1 Å². The molecule has 0 saturated heterocycles. The molecule has 80 valence electrons. The molecule has 1 aromatic rings. The SMILES string of the molecule is C=CCOCOc1cccc([N+](=O)[O-])c1. The van der Waals surface area contributed by atoms with Gasteiger partial charge in [0.15, 0.2) is 6.79 Å². The van der Waals surface area contributed by atoms with Gasteiger partial charge in [-0.1, -0.05) is 12.1 Å². The van der Waals surface area contributed by atoms with Crippen molar-refractivity contribution in [1.82, 2.24) is 0 Å². The lowest BCUT2D eigenvalue weighted by Gasteiger charge is -2.04. The predicted octanol–water partition coefficient (Wildman–Crippen LogP) is 2.13. The number of benzene rings is 1. The second-order valence-electron chi connectivity index (χ2n) is 2.68. The van der Waals surface area contributed by atoms with Gasteiger partial charge in [-0.25, -0.2) is 0 Å². The molecule has 0 bridgehead atoms. The van der Waals surface area contributed by atoms with Gasteiger partial charge in [0.25, 0.3) is 5.69 Å². The number of ether oxygens (including phenoxy) is 2. The molecule has 0 aliphatic rings. The molecule has 0 amide bonds. The first-order valence-electron chi connectivity index (χ1n) is 4.30. The lowest BCUT2D eigenvalue weighted by molar-refractivity contribution is -0.385. The fraction of sp³-hybridized carbons (Fsp3) is 0.200. The van der Waals surface area contributed by atoms with Crippen molar-refractivity contribution in [2.75, 3.05) is 13.4 Å². The molecule has 15 heavy (non-hydrogen) atoms. The highest BCUT2D eigenvalue weighted by molar-refractivity contribution is 5.37. The second-order valence-corrected chi connectivity index (χ2v) is 2.68. The van der Waals surface area contributed by atoms with Gasteiger partial charge < -0.3 is 9.47 Å². The first-order chi connectivity index (χ1) is 7.24. The Morgan fingerprint density at radius 2 is 2.33 bits per heavy atom. The monoisotopic (exact) mass is 209 g/mol. The summed E-state index contributed by atoms with van der Waals surface area (Å²) in [5.74, 6) is 0.410. The number of hydrogen-bond donors (Lipinski definition) is 0. The van der Waals surface area contributed by atoms with Crippen LogP contribution in [0, 0.1) is 10.1 Å². The maximum atomic E-state index is 10.4. The molecular weight excluding hydrogens is 198 g/mol. The lowest BCUT2D eigenvalue weighted by atomic mass is 10.3. The number of non-ortho nitro benzene ring substituents is 1. The average Bonchev–Trinajstić information content (AvgIpc) is 2.25. The molecule has 1 rings (SSSR count). The Labute approximate surface area is 87.1 Å². The van der Waals surface area contributed by atoms with Crippen molar-refractivity contribution in [3.05, 3.63) is 47.0 Å². The minimum absolute atomic E-state index is 0.00350. The van der Waals surface area contributed by atoms with Crippen LogP contribution in [0.4, 0.5) is 5.69 Å². The van der Waals surface area contributed by atoms with Gasteiger partial charge in [0.1, 0.15) is 5.75 Å². The zero-order valence-electron chi connectivity index (χ0n) is 8.09. The molecule has 0 aliphatic heterocycles. The largest absolute Gasteiger partial charge is 0.467 e. The zero-order valence-corrected chi connectivity index (χ0v) is 8.09. The van der Waals surface area contributed by atoms with Crippen LogP contribution in [0.5, 0.6) is 5.75 Å². The summed E-state index contributed by atoms with van der Waals surface area (Å²) in [6, 6.07) is 5.93. The van der Waals surface area contributed by atoms with Crippen LogP contribution in [0.2, 0.25) is 0 Å². The van der Waals surface area contributed by atoms with Gasteiger partial charge in [0.05, 0.1) is 17.6 Å². The standard InChI is InChI=1S/C10H11NO4/c1-2-6-14-8-15-10-5-3-4-9(7-10)11(12)13/h2-5,7H,1,6,8H2. The van der Waals surface area contributed by atoms with Crippen LogP contribution in [-0.4, -0.2) is 18.3 Å². The Hall–Kier alpha value is -1.88. The third-order valence-corrected chi connectivity index (χ3v) is 1.57. The number of rotatable bonds is 6. The molecule has 0 unspecified atom stereocenters. The Kier molecular flexibility index (Phi) is 4.30. The van der Waals surface area contributed by atoms with Crippen molar-refractivity contribution in [2.45, 2.75) is 0 Å². The van der Waals surface area contributed by atoms with Gasteiger partial charge in [-0.2, -0.15) is 0 Å². The van der Waals surface area contributed by atoms with E-state index in [4.69, 9.17) is 9.47 Å². The minimum Gasteiger partial charge on any atom is -0.467 e. The van der Waals surface area contributed by atoms with Crippen LogP contribution in [-0.2, 0) is 4.74 Å². The topological polar surface area (TPSA) is 61.6 Å². The van der Waals surface area contributed by atoms with E-state index >= 15 is 0 Å². The highest BCUT2D eigenvalue weighted by atomic mass is 16.7. The summed E-state index contributed by atoms with van der Waals surface area (Å²) < 4.78 is 10.1. The molecule has 0 heterocycles. The van der Waals surface area contributed by atoms with E-state index < -0.39 is 4.92 Å². The number of nitro groups is 1. The van der Waals surface area contributed by atoms with E-state index in [1.54, 1.807) is 18.2 Å². The third-order valence-electron chi connectivity index (χ3n) is 1.57. The third kappa shape index (κ3) is 3.78. The quantitative estimate of drug-likeness (QED) is 0.237. The van der Waals surface area contributed by atoms with Crippen LogP contribution >= 0.6 is 0 Å². The molecule has 0 radical (unpaired) electrons. The van der Waals surface area contributed by atoms with Gasteiger partial charge in [0.2, 0.25) is 0 Å². The van der Waals surface area contributed by atoms with E-state index in [0.29, 0.717) is 12.4 Å². The second kappa shape index (κ2) is 5.77. The number of nitrogens with zero attached hydrogens (tertiary/aromatic N) is 1. The average molecular weight is 209 g/mol. The molecule has 0 spiro atoms. The van der Waals surface area contributed by atoms with Crippen molar-refractivity contribution >= 4 is 5.69 Å². The summed E-state index contributed by atoms with van der Waals surface area (Å²) >= 11 is 0. The lowest BCUT2D eigenvalue weighted by Crippen LogP contribution is -2.02. The molecule has 0 aromatic heterocycles. The molecular formula is C10H11NO4. The van der Waals surface area contributed by atoms with E-state index in [1.807, 2.05) is 0 Å². The van der Waals surface area contributed by atoms with Gasteiger partial charge in [-0.05, 0) is 6.07 Å². The molecule has 0 aliphatic carbocycles. The summed E-state index contributed by atoms with van der Waals surface area (Å²) in [5.41, 5.74) is -0.00350. The first kappa shape index (κ1) is 11.2. The Balaban J connectivity index is 2.50. The van der Waals surface area contributed by atoms with Crippen LogP contribution in [0.1, 0.15) is 0 Å². The van der Waals surface area contributed by atoms with Crippen LogP contribution in [0.25, 0.3) is 0 Å². The highest BCUT2D eigenvalue weighted by Crippen LogP contribution is 2.18. The van der Waals surface area contributed by atoms with E-state index in [1.165, 1.54) is 12.1 Å². The smallest absolute Gasteiger partial charge is 0.273 e. The first-order valence-corrected chi connectivity index (χ1v) is 4.30. The van der Waals surface area contributed by atoms with Crippen molar-refractivity contribution < 1.29 is 14.4 Å². The van der Waals surface area contributed by atoms with E-state index in [-0.39, 0.29) is 12.5 Å². The normalized spacial score (nSPS) is 9.60. The summed E-state index contributed by atoms with van der Waals surface area (Å²) in [6.45, 7) is 3.91. The van der Waals surface area contributed by atoms with Crippen molar-refractivity contribution in [2.24, 2.45) is 0 Å². The Bertz CT molecular complexity index is 351. The van der Waals surface area contributed by atoms with Gasteiger partial charge >= 0.3 is 0 Å². The molecule has 5 nitrogen and oxygen atoms in total. The zero-order chi connectivity index (χ0) is 11.1. The Morgan fingerprint density at radius 3 is 3.00 bits per heavy atom.